The fourth-order valence-electron chi connectivity index (χ4n) is 2.43. The molecule has 0 unspecified atom stereocenters. The molecule has 0 saturated carbocycles. The number of nitrogens with one attached hydrogen (secondary N) is 1. The van der Waals surface area contributed by atoms with E-state index in [1.54, 1.807) is 61.7 Å². The molecule has 7 nitrogen and oxygen atoms in total. The molecule has 3 aromatic rings. The highest BCUT2D eigenvalue weighted by molar-refractivity contribution is 9.10. The van der Waals surface area contributed by atoms with Gasteiger partial charge in [-0.1, -0.05) is 15.9 Å². The second kappa shape index (κ2) is 9.71. The van der Waals surface area contributed by atoms with Crippen LogP contribution >= 0.6 is 15.9 Å². The number of nitrogens with zero attached hydrogens (tertiary/aromatic N) is 1. The Labute approximate surface area is 181 Å². The second-order valence-corrected chi connectivity index (χ2v) is 6.96. The number of hydrogen-bond acceptors (Lipinski definition) is 6. The number of esters is 1. The third kappa shape index (κ3) is 5.45. The summed E-state index contributed by atoms with van der Waals surface area (Å²) < 4.78 is 11.0. The molecule has 0 aliphatic heterocycles. The van der Waals surface area contributed by atoms with Crippen LogP contribution in [0.5, 0.6) is 17.2 Å². The van der Waals surface area contributed by atoms with E-state index >= 15 is 0 Å². The van der Waals surface area contributed by atoms with Crippen LogP contribution in [0.4, 0.5) is 0 Å². The summed E-state index contributed by atoms with van der Waals surface area (Å²) >= 11 is 3.24. The van der Waals surface area contributed by atoms with E-state index in [0.29, 0.717) is 27.1 Å². The average molecular weight is 469 g/mol. The first-order valence-corrected chi connectivity index (χ1v) is 9.54. The Morgan fingerprint density at radius 2 is 1.67 bits per heavy atom. The quantitative estimate of drug-likeness (QED) is 0.245. The molecule has 30 heavy (non-hydrogen) atoms. The SMILES string of the molecule is COc1ccc(C(=O)Oc2ccc(/C=N\NC(=O)c3cc(Br)ccc3O)cc2)cc1. The van der Waals surface area contributed by atoms with Gasteiger partial charge >= 0.3 is 5.97 Å². The van der Waals surface area contributed by atoms with Crippen molar-refractivity contribution in [3.8, 4) is 17.2 Å². The fraction of sp³-hybridized carbons (Fsp3) is 0.0455. The number of hydrogen-bond donors (Lipinski definition) is 2. The maximum atomic E-state index is 12.2. The van der Waals surface area contributed by atoms with Crippen molar-refractivity contribution in [1.29, 1.82) is 0 Å². The lowest BCUT2D eigenvalue weighted by molar-refractivity contribution is 0.0734. The van der Waals surface area contributed by atoms with Crippen molar-refractivity contribution in [2.45, 2.75) is 0 Å². The van der Waals surface area contributed by atoms with Crippen molar-refractivity contribution >= 4 is 34.0 Å². The van der Waals surface area contributed by atoms with Gasteiger partial charge in [0, 0.05) is 4.47 Å². The number of methoxy groups -OCH3 is 1. The molecule has 0 aliphatic rings. The van der Waals surface area contributed by atoms with Gasteiger partial charge in [-0.3, -0.25) is 4.79 Å². The molecule has 0 saturated heterocycles. The van der Waals surface area contributed by atoms with Crippen molar-refractivity contribution < 1.29 is 24.2 Å². The van der Waals surface area contributed by atoms with Crippen LogP contribution in [0.2, 0.25) is 0 Å². The lowest BCUT2D eigenvalue weighted by atomic mass is 10.2. The fourth-order valence-corrected chi connectivity index (χ4v) is 2.79. The van der Waals surface area contributed by atoms with Gasteiger partial charge in [-0.25, -0.2) is 10.2 Å². The number of phenolic OH excluding ortho intramolecular Hbond substituents is 1. The Kier molecular flexibility index (Phi) is 6.82. The van der Waals surface area contributed by atoms with Crippen LogP contribution in [0.25, 0.3) is 0 Å². The number of aromatic hydroxyl groups is 1. The first kappa shape index (κ1) is 21.1. The van der Waals surface area contributed by atoms with E-state index in [2.05, 4.69) is 26.5 Å². The van der Waals surface area contributed by atoms with Gasteiger partial charge in [0.15, 0.2) is 0 Å². The topological polar surface area (TPSA) is 97.2 Å². The summed E-state index contributed by atoms with van der Waals surface area (Å²) in [6, 6.07) is 17.7. The van der Waals surface area contributed by atoms with E-state index in [9.17, 15) is 14.7 Å². The Morgan fingerprint density at radius 3 is 2.33 bits per heavy atom. The molecule has 0 aromatic heterocycles. The third-order valence-electron chi connectivity index (χ3n) is 4.00. The first-order chi connectivity index (χ1) is 14.5. The minimum Gasteiger partial charge on any atom is -0.507 e. The number of carbonyl (C=O) groups is 2. The Balaban J connectivity index is 1.57. The number of phenols is 1. The minimum atomic E-state index is -0.546. The third-order valence-corrected chi connectivity index (χ3v) is 4.49. The van der Waals surface area contributed by atoms with Crippen molar-refractivity contribution in [3.05, 3.63) is 87.9 Å². The summed E-state index contributed by atoms with van der Waals surface area (Å²) in [6.07, 6.45) is 1.43. The van der Waals surface area contributed by atoms with E-state index in [-0.39, 0.29) is 11.3 Å². The van der Waals surface area contributed by atoms with E-state index < -0.39 is 11.9 Å². The number of carbonyl (C=O) groups excluding carboxylic acids is 2. The summed E-state index contributed by atoms with van der Waals surface area (Å²) in [7, 11) is 1.55. The second-order valence-electron chi connectivity index (χ2n) is 6.05. The average Bonchev–Trinajstić information content (AvgIpc) is 2.76. The normalized spacial score (nSPS) is 10.6. The number of halogens is 1. The standard InChI is InChI=1S/C22H17BrN2O5/c1-29-17-9-4-15(5-10-17)22(28)30-18-7-2-14(3-8-18)13-24-25-21(27)19-12-16(23)6-11-20(19)26/h2-13,26H,1H3,(H,25,27)/b24-13-. The van der Waals surface area contributed by atoms with E-state index in [1.807, 2.05) is 0 Å². The molecule has 0 radical (unpaired) electrons. The van der Waals surface area contributed by atoms with Crippen LogP contribution in [0.15, 0.2) is 76.3 Å². The highest BCUT2D eigenvalue weighted by Gasteiger charge is 2.11. The maximum Gasteiger partial charge on any atom is 0.343 e. The van der Waals surface area contributed by atoms with Crippen molar-refractivity contribution in [2.75, 3.05) is 7.11 Å². The highest BCUT2D eigenvalue weighted by atomic mass is 79.9. The van der Waals surface area contributed by atoms with Gasteiger partial charge in [0.2, 0.25) is 0 Å². The predicted octanol–water partition coefficient (Wildman–Crippen LogP) is 4.15. The molecule has 152 valence electrons. The van der Waals surface area contributed by atoms with Gasteiger partial charge < -0.3 is 14.6 Å². The smallest absolute Gasteiger partial charge is 0.343 e. The largest absolute Gasteiger partial charge is 0.507 e. The molecule has 0 bridgehead atoms. The van der Waals surface area contributed by atoms with E-state index in [1.165, 1.54) is 18.3 Å². The molecule has 3 rings (SSSR count). The number of hydrazone groups is 1. The molecule has 8 heteroatoms. The van der Waals surface area contributed by atoms with Crippen LogP contribution in [0.1, 0.15) is 26.3 Å². The minimum absolute atomic E-state index is 0.0994. The zero-order chi connectivity index (χ0) is 21.5. The molecule has 0 fully saturated rings. The molecule has 2 N–H and O–H groups in total. The Bertz CT molecular complexity index is 1080. The number of rotatable bonds is 6. The van der Waals surface area contributed by atoms with E-state index in [0.717, 1.165) is 0 Å². The van der Waals surface area contributed by atoms with Crippen LogP contribution in [0.3, 0.4) is 0 Å². The molecule has 0 atom stereocenters. The highest BCUT2D eigenvalue weighted by Crippen LogP contribution is 2.21. The van der Waals surface area contributed by atoms with Gasteiger partial charge in [-0.05, 0) is 72.3 Å². The summed E-state index contributed by atoms with van der Waals surface area (Å²) in [5, 5.41) is 13.6. The molecule has 3 aromatic carbocycles. The summed E-state index contributed by atoms with van der Waals surface area (Å²) in [5.41, 5.74) is 3.53. The lowest BCUT2D eigenvalue weighted by Gasteiger charge is -2.06. The lowest BCUT2D eigenvalue weighted by Crippen LogP contribution is -2.17. The van der Waals surface area contributed by atoms with Crippen LogP contribution < -0.4 is 14.9 Å². The van der Waals surface area contributed by atoms with E-state index in [4.69, 9.17) is 9.47 Å². The molecule has 0 heterocycles. The monoisotopic (exact) mass is 468 g/mol. The van der Waals surface area contributed by atoms with Crippen LogP contribution in [0, 0.1) is 0 Å². The Morgan fingerprint density at radius 1 is 1.00 bits per heavy atom. The summed E-state index contributed by atoms with van der Waals surface area (Å²) in [5.74, 6) is -0.155. The van der Waals surface area contributed by atoms with Gasteiger partial charge in [0.25, 0.3) is 5.91 Å². The molecular weight excluding hydrogens is 452 g/mol. The van der Waals surface area contributed by atoms with Gasteiger partial charge in [0.1, 0.15) is 17.2 Å². The van der Waals surface area contributed by atoms with Crippen LogP contribution in [-0.2, 0) is 0 Å². The summed E-state index contributed by atoms with van der Waals surface area (Å²) in [4.78, 5) is 24.3. The van der Waals surface area contributed by atoms with Crippen molar-refractivity contribution in [3.63, 3.8) is 0 Å². The number of ether oxygens (including phenoxy) is 2. The zero-order valence-corrected chi connectivity index (χ0v) is 17.4. The number of benzene rings is 3. The zero-order valence-electron chi connectivity index (χ0n) is 15.8. The number of amides is 1. The van der Waals surface area contributed by atoms with Gasteiger partial charge in [0.05, 0.1) is 24.5 Å². The predicted molar refractivity (Wildman–Crippen MR) is 115 cm³/mol. The first-order valence-electron chi connectivity index (χ1n) is 8.74. The molecule has 0 spiro atoms. The van der Waals surface area contributed by atoms with Gasteiger partial charge in [-0.2, -0.15) is 5.10 Å². The molecule has 1 amide bonds. The van der Waals surface area contributed by atoms with Crippen LogP contribution in [-0.4, -0.2) is 30.3 Å². The molecule has 0 aliphatic carbocycles. The van der Waals surface area contributed by atoms with Gasteiger partial charge in [-0.15, -0.1) is 0 Å². The maximum absolute atomic E-state index is 12.2. The van der Waals surface area contributed by atoms with Crippen molar-refractivity contribution in [1.82, 2.24) is 5.43 Å². The molecular formula is C22H17BrN2O5. The summed E-state index contributed by atoms with van der Waals surface area (Å²) in [6.45, 7) is 0. The Hall–Kier alpha value is -3.65. The van der Waals surface area contributed by atoms with Crippen molar-refractivity contribution in [2.24, 2.45) is 5.10 Å².